The summed E-state index contributed by atoms with van der Waals surface area (Å²) in [6, 6.07) is 32.3. The minimum atomic E-state index is -2.42. The number of benzene rings is 6. The Hall–Kier alpha value is -9.69. The lowest BCUT2D eigenvalue weighted by Gasteiger charge is -2.29. The minimum Gasteiger partial charge on any atom is -0.381 e. The third-order valence-electron chi connectivity index (χ3n) is 18.3. The fourth-order valence-corrected chi connectivity index (χ4v) is 12.8. The molecule has 0 aliphatic carbocycles. The van der Waals surface area contributed by atoms with Crippen molar-refractivity contribution in [1.82, 2.24) is 45.3 Å². The van der Waals surface area contributed by atoms with E-state index in [4.69, 9.17) is 26.5 Å². The van der Waals surface area contributed by atoms with Crippen molar-refractivity contribution in [2.45, 2.75) is 115 Å². The molecule has 6 N–H and O–H groups in total. The zero-order valence-corrected chi connectivity index (χ0v) is 54.7. The van der Waals surface area contributed by atoms with Gasteiger partial charge in [0.15, 0.2) is 0 Å². The molecule has 24 nitrogen and oxygen atoms in total. The molecule has 9 aliphatic rings. The quantitative estimate of drug-likeness (QED) is 0.0565. The monoisotopic (exact) mass is 1350 g/mol. The van der Waals surface area contributed by atoms with Crippen molar-refractivity contribution < 1.29 is 69.7 Å². The van der Waals surface area contributed by atoms with Gasteiger partial charge in [-0.05, 0) is 89.0 Å². The van der Waals surface area contributed by atoms with Crippen LogP contribution >= 0.6 is 0 Å². The van der Waals surface area contributed by atoms with Crippen molar-refractivity contribution in [2.24, 2.45) is 0 Å². The third-order valence-corrected chi connectivity index (χ3v) is 18.3. The zero-order chi connectivity index (χ0) is 76.5. The number of rotatable bonds is 18. The molecule has 516 valence electrons. The Morgan fingerprint density at radius 1 is 0.364 bits per heavy atom. The standard InChI is InChI=1S/3C25H28N4O4/c3*30-23-9-8-22(24(31)27-23)29-16-20-19(25(29)32)2-1-3-21(20)26-14-17-4-6-18(7-5-17)15-28-10-12-33-13-11-28/h3*1-7,22,26H,8-16H2,(H,27,30,31)/t2*22-;/m10./s1/i3*16D2,22D. The summed E-state index contributed by atoms with van der Waals surface area (Å²) in [7, 11) is 0. The summed E-state index contributed by atoms with van der Waals surface area (Å²) in [5.41, 5.74) is 8.39. The predicted octanol–water partition coefficient (Wildman–Crippen LogP) is 5.68. The fraction of sp³-hybridized carbons (Fsp3) is 0.400. The first-order valence-corrected chi connectivity index (χ1v) is 33.4. The van der Waals surface area contributed by atoms with Crippen LogP contribution < -0.4 is 31.9 Å². The van der Waals surface area contributed by atoms with E-state index in [9.17, 15) is 43.2 Å². The summed E-state index contributed by atoms with van der Waals surface area (Å²) < 4.78 is 94.8. The zero-order valence-electron chi connectivity index (χ0n) is 63.7. The van der Waals surface area contributed by atoms with E-state index < -0.39 is 90.7 Å². The van der Waals surface area contributed by atoms with Crippen LogP contribution in [0, 0.1) is 0 Å². The molecule has 0 bridgehead atoms. The van der Waals surface area contributed by atoms with Gasteiger partial charge in [-0.15, -0.1) is 0 Å². The van der Waals surface area contributed by atoms with Gasteiger partial charge < -0.3 is 44.9 Å². The minimum absolute atomic E-state index is 0.0928. The first kappa shape index (κ1) is 57.2. The summed E-state index contributed by atoms with van der Waals surface area (Å²) in [4.78, 5) is 121. The predicted molar refractivity (Wildman–Crippen MR) is 367 cm³/mol. The van der Waals surface area contributed by atoms with Crippen LogP contribution in [0.5, 0.6) is 0 Å². The fourth-order valence-electron chi connectivity index (χ4n) is 12.8. The van der Waals surface area contributed by atoms with Crippen molar-refractivity contribution in [3.8, 4) is 0 Å². The Morgan fingerprint density at radius 3 is 0.869 bits per heavy atom. The summed E-state index contributed by atoms with van der Waals surface area (Å²) in [5, 5.41) is 15.9. The molecule has 0 aromatic heterocycles. The van der Waals surface area contributed by atoms with E-state index in [1.165, 1.54) is 34.9 Å². The van der Waals surface area contributed by atoms with Gasteiger partial charge >= 0.3 is 0 Å². The largest absolute Gasteiger partial charge is 0.381 e. The van der Waals surface area contributed by atoms with E-state index in [1.807, 2.05) is 36.4 Å². The first-order chi connectivity index (χ1) is 51.6. The van der Waals surface area contributed by atoms with Gasteiger partial charge in [-0.1, -0.05) is 91.0 Å². The molecular formula is C75H84N12O12. The van der Waals surface area contributed by atoms with Crippen LogP contribution in [0.4, 0.5) is 17.1 Å². The van der Waals surface area contributed by atoms with Gasteiger partial charge in [0, 0.05) is 168 Å². The number of carbonyl (C=O) groups excluding carboxylic acids is 9. The number of morpholine rings is 3. The van der Waals surface area contributed by atoms with Crippen LogP contribution in [-0.4, -0.2) is 180 Å². The highest BCUT2D eigenvalue weighted by molar-refractivity contribution is 6.08. The average molecular weight is 1350 g/mol. The molecule has 0 radical (unpaired) electrons. The number of hydrogen-bond donors (Lipinski definition) is 6. The van der Waals surface area contributed by atoms with Crippen LogP contribution in [0.1, 0.15) is 132 Å². The molecule has 6 saturated heterocycles. The molecule has 6 aromatic rings. The van der Waals surface area contributed by atoms with Gasteiger partial charge in [0.2, 0.25) is 35.4 Å². The van der Waals surface area contributed by atoms with Crippen molar-refractivity contribution in [2.75, 3.05) is 94.9 Å². The number of carbonyl (C=O) groups is 9. The summed E-state index contributed by atoms with van der Waals surface area (Å²) in [6.07, 6.45) is -1.22. The SMILES string of the molecule is [2H]C1(N2C(=O)c3cccc(NCc4ccc(CN5CCOCC5)cc4)c3C2([2H])[2H])CCC(=O)NC1=O.[2H]C1([2H])c2c(NCc3ccc(CN4CCOCC4)cc3)cccc2C(=O)N1[C@@]1([2H])CCC(=O)NC1=O.[2H]C1([2H])c2c(NCc3ccc(CN4CCOCC4)cc3)cccc2C(=O)N1[C@]1([2H])CCC(=O)NC1=O. The lowest BCUT2D eigenvalue weighted by molar-refractivity contribution is -0.138. The normalized spacial score (nSPS) is 26.2. The molecule has 6 fully saturated rings. The Bertz CT molecular complexity index is 4050. The second kappa shape index (κ2) is 31.4. The topological polar surface area (TPSA) is 273 Å². The van der Waals surface area contributed by atoms with E-state index in [0.717, 1.165) is 115 Å². The lowest BCUT2D eigenvalue weighted by Crippen LogP contribution is -2.52. The number of amides is 9. The number of nitrogens with one attached hydrogen (secondary N) is 6. The number of nitrogens with zero attached hydrogens (tertiary/aromatic N) is 6. The van der Waals surface area contributed by atoms with Crippen LogP contribution in [0.15, 0.2) is 127 Å². The van der Waals surface area contributed by atoms with E-state index in [0.29, 0.717) is 51.4 Å². The van der Waals surface area contributed by atoms with E-state index >= 15 is 0 Å². The van der Waals surface area contributed by atoms with E-state index in [1.54, 1.807) is 36.4 Å². The summed E-state index contributed by atoms with van der Waals surface area (Å²) in [6.45, 7) is 6.51. The number of piperidine rings is 3. The van der Waals surface area contributed by atoms with Crippen molar-refractivity contribution in [1.29, 1.82) is 0 Å². The average Bonchev–Trinajstić information content (AvgIpc) is 1.58. The van der Waals surface area contributed by atoms with Gasteiger partial charge in [-0.2, -0.15) is 0 Å². The number of anilines is 3. The van der Waals surface area contributed by atoms with Crippen molar-refractivity contribution in [3.05, 3.63) is 194 Å². The maximum Gasteiger partial charge on any atom is 0.255 e. The number of ether oxygens (including phenoxy) is 3. The third kappa shape index (κ3) is 16.4. The molecule has 24 heteroatoms. The molecule has 9 heterocycles. The smallest absolute Gasteiger partial charge is 0.255 e. The highest BCUT2D eigenvalue weighted by Crippen LogP contribution is 2.36. The van der Waals surface area contributed by atoms with Gasteiger partial charge in [0.25, 0.3) is 17.7 Å². The van der Waals surface area contributed by atoms with Crippen LogP contribution in [0.3, 0.4) is 0 Å². The maximum atomic E-state index is 13.2. The molecule has 6 aromatic carbocycles. The molecule has 3 atom stereocenters. The van der Waals surface area contributed by atoms with Crippen LogP contribution in [0.25, 0.3) is 0 Å². The molecule has 99 heavy (non-hydrogen) atoms. The Labute approximate surface area is 587 Å². The van der Waals surface area contributed by atoms with Gasteiger partial charge in [0.1, 0.15) is 18.1 Å². The molecule has 9 amide bonds. The molecule has 0 spiro atoms. The Kier molecular flexibility index (Phi) is 18.2. The van der Waals surface area contributed by atoms with Crippen LogP contribution in [0.2, 0.25) is 0 Å². The van der Waals surface area contributed by atoms with E-state index in [2.05, 4.69) is 83.0 Å². The molecule has 0 saturated carbocycles. The summed E-state index contributed by atoms with van der Waals surface area (Å²) in [5.74, 6) is -6.81. The maximum absolute atomic E-state index is 13.2. The second-order valence-electron chi connectivity index (χ2n) is 25.1. The molecular weight excluding hydrogens is 1260 g/mol. The summed E-state index contributed by atoms with van der Waals surface area (Å²) >= 11 is 0. The Balaban J connectivity index is 0.000000143. The van der Waals surface area contributed by atoms with E-state index in [-0.39, 0.29) is 71.9 Å². The second-order valence-corrected chi connectivity index (χ2v) is 25.1. The van der Waals surface area contributed by atoms with Crippen molar-refractivity contribution >= 4 is 70.2 Å². The number of hydrogen-bond acceptors (Lipinski definition) is 18. The lowest BCUT2D eigenvalue weighted by atomic mass is 10.0. The highest BCUT2D eigenvalue weighted by atomic mass is 16.5. The van der Waals surface area contributed by atoms with Crippen LogP contribution in [-0.2, 0) is 102 Å². The molecule has 9 aliphatic heterocycles. The van der Waals surface area contributed by atoms with Gasteiger partial charge in [-0.3, -0.25) is 73.8 Å². The van der Waals surface area contributed by atoms with Gasteiger partial charge in [0.05, 0.1) is 52.0 Å². The van der Waals surface area contributed by atoms with Crippen molar-refractivity contribution in [3.63, 3.8) is 0 Å². The van der Waals surface area contributed by atoms with Gasteiger partial charge in [-0.25, -0.2) is 0 Å². The number of fused-ring (bicyclic) bond motifs is 3. The molecule has 1 unspecified atom stereocenters. The highest BCUT2D eigenvalue weighted by Gasteiger charge is 2.43. The number of imide groups is 3. The first-order valence-electron chi connectivity index (χ1n) is 37.9. The molecule has 15 rings (SSSR count). The Morgan fingerprint density at radius 2 is 0.616 bits per heavy atom.